The van der Waals surface area contributed by atoms with Crippen molar-refractivity contribution in [3.8, 4) is 0 Å². The number of aromatic nitrogens is 2. The largest absolute Gasteiger partial charge is 0.433 e. The number of carbonyl (C=O) groups excluding carboxylic acids is 1. The first kappa shape index (κ1) is 23.6. The molecule has 0 saturated heterocycles. The van der Waals surface area contributed by atoms with Crippen molar-refractivity contribution in [1.29, 1.82) is 0 Å². The maximum Gasteiger partial charge on any atom is 0.433 e. The first-order chi connectivity index (χ1) is 13.6. The van der Waals surface area contributed by atoms with Crippen LogP contribution in [-0.2, 0) is 11.0 Å². The normalized spacial score (nSPS) is 14.0. The van der Waals surface area contributed by atoms with Crippen molar-refractivity contribution < 1.29 is 18.0 Å². The molecule has 0 atom stereocenters. The van der Waals surface area contributed by atoms with Gasteiger partial charge in [-0.2, -0.15) is 18.3 Å². The van der Waals surface area contributed by atoms with Crippen molar-refractivity contribution in [2.75, 3.05) is 14.1 Å². The summed E-state index contributed by atoms with van der Waals surface area (Å²) in [4.78, 5) is 22.1. The van der Waals surface area contributed by atoms with Crippen molar-refractivity contribution in [1.82, 2.24) is 20.0 Å². The molecule has 0 saturated carbocycles. The van der Waals surface area contributed by atoms with Gasteiger partial charge in [0.15, 0.2) is 0 Å². The van der Waals surface area contributed by atoms with Crippen LogP contribution < -0.4 is 5.32 Å². The van der Waals surface area contributed by atoms with Crippen LogP contribution in [0.5, 0.6) is 0 Å². The topological polar surface area (TPSA) is 74.9 Å². The lowest BCUT2D eigenvalue weighted by molar-refractivity contribution is -0.142. The van der Waals surface area contributed by atoms with Crippen LogP contribution in [0.15, 0.2) is 65.0 Å². The fraction of sp³-hybridized carbons (Fsp3) is 0.263. The monoisotopic (exact) mass is 408 g/mol. The SMILES string of the molecule is C=CN=C(/C=C(\C)C(=O)NC(/C=C\C)=N/C=C/n1nccc1C(F)(F)F)N(C)C. The second-order valence-electron chi connectivity index (χ2n) is 5.82. The Morgan fingerprint density at radius 2 is 2.03 bits per heavy atom. The number of likely N-dealkylation sites (N-methyl/N-ethyl adjacent to an activating group) is 1. The number of alkyl halides is 3. The fourth-order valence-electron chi connectivity index (χ4n) is 1.96. The third kappa shape index (κ3) is 7.60. The molecule has 0 aliphatic heterocycles. The molecule has 0 aliphatic rings. The number of nitrogens with one attached hydrogen (secondary N) is 1. The zero-order valence-corrected chi connectivity index (χ0v) is 16.6. The van der Waals surface area contributed by atoms with Crippen LogP contribution in [-0.4, -0.2) is 46.4 Å². The summed E-state index contributed by atoms with van der Waals surface area (Å²) >= 11 is 0. The maximum atomic E-state index is 12.8. The van der Waals surface area contributed by atoms with E-state index in [1.54, 1.807) is 45.0 Å². The zero-order valence-electron chi connectivity index (χ0n) is 16.6. The molecule has 0 fully saturated rings. The molecule has 1 amide bonds. The highest BCUT2D eigenvalue weighted by atomic mass is 19.4. The Hall–Kier alpha value is -3.43. The van der Waals surface area contributed by atoms with E-state index in [0.29, 0.717) is 16.1 Å². The van der Waals surface area contributed by atoms with Crippen molar-refractivity contribution >= 4 is 23.8 Å². The predicted molar refractivity (Wildman–Crippen MR) is 108 cm³/mol. The molecule has 1 aromatic rings. The van der Waals surface area contributed by atoms with Gasteiger partial charge in [-0.05, 0) is 32.1 Å². The zero-order chi connectivity index (χ0) is 22.0. The molecule has 0 bridgehead atoms. The standard InChI is InChI=1S/C19H23F3N6O/c1-6-8-16(24-11-12-28-15(9-10-25-28)19(20,21)22)26-18(29)14(3)13-17(23-7-2)27(4)5/h6-13H,2H2,1,3-5H3,(H,24,26,29)/b8-6-,12-11+,14-13+,23-17?. The summed E-state index contributed by atoms with van der Waals surface area (Å²) in [5.74, 6) is 0.230. The summed E-state index contributed by atoms with van der Waals surface area (Å²) in [6.07, 6.45) is 4.72. The smallest absolute Gasteiger partial charge is 0.363 e. The van der Waals surface area contributed by atoms with Gasteiger partial charge >= 0.3 is 6.18 Å². The van der Waals surface area contributed by atoms with Gasteiger partial charge in [0, 0.05) is 44.5 Å². The van der Waals surface area contributed by atoms with Crippen LogP contribution in [0.4, 0.5) is 13.2 Å². The van der Waals surface area contributed by atoms with Crippen molar-refractivity contribution in [2.45, 2.75) is 20.0 Å². The second-order valence-corrected chi connectivity index (χ2v) is 5.82. The van der Waals surface area contributed by atoms with Gasteiger partial charge in [-0.3, -0.25) is 4.79 Å². The number of amides is 1. The molecule has 156 valence electrons. The number of amidine groups is 2. The number of aliphatic imine (C=N–C) groups is 2. The molecule has 7 nitrogen and oxygen atoms in total. The molecule has 1 heterocycles. The highest BCUT2D eigenvalue weighted by molar-refractivity contribution is 6.12. The highest BCUT2D eigenvalue weighted by Crippen LogP contribution is 2.28. The van der Waals surface area contributed by atoms with Crippen molar-refractivity contribution in [3.05, 3.63) is 60.7 Å². The average molecular weight is 408 g/mol. The quantitative estimate of drug-likeness (QED) is 0.445. The summed E-state index contributed by atoms with van der Waals surface area (Å²) < 4.78 is 39.2. The van der Waals surface area contributed by atoms with Crippen LogP contribution in [0.2, 0.25) is 0 Å². The van der Waals surface area contributed by atoms with Gasteiger partial charge in [-0.25, -0.2) is 14.7 Å². The molecule has 0 radical (unpaired) electrons. The van der Waals surface area contributed by atoms with Gasteiger partial charge in [0.1, 0.15) is 17.4 Å². The molecule has 0 unspecified atom stereocenters. The van der Waals surface area contributed by atoms with E-state index in [0.717, 1.165) is 24.7 Å². The number of carbonyl (C=O) groups is 1. The summed E-state index contributed by atoms with van der Waals surface area (Å²) in [5, 5.41) is 6.16. The van der Waals surface area contributed by atoms with Gasteiger partial charge in [0.05, 0.1) is 0 Å². The molecule has 1 aromatic heterocycles. The maximum absolute atomic E-state index is 12.8. The summed E-state index contributed by atoms with van der Waals surface area (Å²) in [6, 6.07) is 0.851. The fourth-order valence-corrected chi connectivity index (χ4v) is 1.96. The molecule has 0 aromatic carbocycles. The number of nitrogens with zero attached hydrogens (tertiary/aromatic N) is 5. The van der Waals surface area contributed by atoms with Crippen LogP contribution in [0.25, 0.3) is 6.20 Å². The van der Waals surface area contributed by atoms with Gasteiger partial charge in [0.2, 0.25) is 0 Å². The van der Waals surface area contributed by atoms with Crippen LogP contribution in [0.1, 0.15) is 19.5 Å². The lowest BCUT2D eigenvalue weighted by Crippen LogP contribution is -2.30. The van der Waals surface area contributed by atoms with E-state index in [4.69, 9.17) is 0 Å². The van der Waals surface area contributed by atoms with E-state index >= 15 is 0 Å². The molecule has 1 rings (SSSR count). The summed E-state index contributed by atoms with van der Waals surface area (Å²) in [5.41, 5.74) is -0.580. The number of hydrogen-bond donors (Lipinski definition) is 1. The lowest BCUT2D eigenvalue weighted by atomic mass is 10.2. The minimum Gasteiger partial charge on any atom is -0.363 e. The average Bonchev–Trinajstić information content (AvgIpc) is 3.10. The van der Waals surface area contributed by atoms with Gasteiger partial charge < -0.3 is 10.2 Å². The number of hydrogen-bond acceptors (Lipinski definition) is 4. The lowest BCUT2D eigenvalue weighted by Gasteiger charge is -2.12. The highest BCUT2D eigenvalue weighted by Gasteiger charge is 2.34. The first-order valence-electron chi connectivity index (χ1n) is 8.43. The Kier molecular flexibility index (Phi) is 8.78. The number of rotatable bonds is 6. The Bertz CT molecular complexity index is 873. The second kappa shape index (κ2) is 10.8. The Balaban J connectivity index is 3.01. The van der Waals surface area contributed by atoms with E-state index in [-0.39, 0.29) is 5.84 Å². The predicted octanol–water partition coefficient (Wildman–Crippen LogP) is 3.47. The number of allylic oxidation sites excluding steroid dienone is 1. The van der Waals surface area contributed by atoms with Crippen molar-refractivity contribution in [2.24, 2.45) is 9.98 Å². The van der Waals surface area contributed by atoms with E-state index in [9.17, 15) is 18.0 Å². The molecule has 0 spiro atoms. The van der Waals surface area contributed by atoms with Crippen LogP contribution in [0, 0.1) is 0 Å². The number of halogens is 3. The summed E-state index contributed by atoms with van der Waals surface area (Å²) in [6.45, 7) is 6.84. The molecule has 1 N–H and O–H groups in total. The third-order valence-electron chi connectivity index (χ3n) is 3.33. The minimum absolute atomic E-state index is 0.147. The van der Waals surface area contributed by atoms with E-state index in [2.05, 4.69) is 27.0 Å². The molecule has 0 aliphatic carbocycles. The van der Waals surface area contributed by atoms with E-state index in [1.807, 2.05) is 0 Å². The van der Waals surface area contributed by atoms with Gasteiger partial charge in [-0.15, -0.1) is 0 Å². The Morgan fingerprint density at radius 3 is 2.59 bits per heavy atom. The molecular formula is C19H23F3N6O. The minimum atomic E-state index is -4.54. The van der Waals surface area contributed by atoms with Crippen molar-refractivity contribution in [3.63, 3.8) is 0 Å². The molecule has 10 heteroatoms. The van der Waals surface area contributed by atoms with Crippen LogP contribution >= 0.6 is 0 Å². The van der Waals surface area contributed by atoms with Gasteiger partial charge in [-0.1, -0.05) is 12.7 Å². The van der Waals surface area contributed by atoms with E-state index < -0.39 is 17.8 Å². The Labute approximate surface area is 167 Å². The summed E-state index contributed by atoms with van der Waals surface area (Å²) in [7, 11) is 3.54. The third-order valence-corrected chi connectivity index (χ3v) is 3.33. The molecule has 29 heavy (non-hydrogen) atoms. The van der Waals surface area contributed by atoms with Gasteiger partial charge in [0.25, 0.3) is 5.91 Å². The van der Waals surface area contributed by atoms with E-state index in [1.165, 1.54) is 12.3 Å². The Morgan fingerprint density at radius 1 is 1.34 bits per heavy atom. The van der Waals surface area contributed by atoms with Crippen LogP contribution in [0.3, 0.4) is 0 Å². The first-order valence-corrected chi connectivity index (χ1v) is 8.43. The molecular weight excluding hydrogens is 385 g/mol.